The van der Waals surface area contributed by atoms with Gasteiger partial charge >= 0.3 is 0 Å². The van der Waals surface area contributed by atoms with E-state index in [2.05, 4.69) is 5.32 Å². The molecular weight excluding hydrogens is 293 g/mol. The van der Waals surface area contributed by atoms with Gasteiger partial charge in [0.25, 0.3) is 0 Å². The lowest BCUT2D eigenvalue weighted by Gasteiger charge is -2.20. The van der Waals surface area contributed by atoms with Crippen molar-refractivity contribution in [2.75, 3.05) is 18.5 Å². The molecule has 2 aromatic carbocycles. The molecule has 5 heteroatoms. The Balaban J connectivity index is 1.77. The van der Waals surface area contributed by atoms with Gasteiger partial charge < -0.3 is 14.8 Å². The molecule has 0 aromatic heterocycles. The molecule has 1 N–H and O–H groups in total. The molecule has 21 heavy (non-hydrogen) atoms. The smallest absolute Gasteiger partial charge is 0.179 e. The summed E-state index contributed by atoms with van der Waals surface area (Å²) in [6.45, 7) is 3.41. The van der Waals surface area contributed by atoms with E-state index in [0.29, 0.717) is 36.3 Å². The van der Waals surface area contributed by atoms with Gasteiger partial charge in [0.1, 0.15) is 19.0 Å². The SMILES string of the molecule is Cc1cc(F)cc(NCc2cc(Cl)c3c(c2)OCCO3)c1. The van der Waals surface area contributed by atoms with Gasteiger partial charge in [0.2, 0.25) is 0 Å². The van der Waals surface area contributed by atoms with Crippen LogP contribution in [0.15, 0.2) is 30.3 Å². The maximum Gasteiger partial charge on any atom is 0.179 e. The maximum absolute atomic E-state index is 13.3. The number of halogens is 2. The first-order valence-electron chi connectivity index (χ1n) is 6.71. The molecule has 0 saturated heterocycles. The first kappa shape index (κ1) is 14.0. The second kappa shape index (κ2) is 5.82. The first-order chi connectivity index (χ1) is 10.1. The zero-order valence-corrected chi connectivity index (χ0v) is 12.3. The van der Waals surface area contributed by atoms with E-state index in [-0.39, 0.29) is 5.82 Å². The number of ether oxygens (including phenoxy) is 2. The van der Waals surface area contributed by atoms with Gasteiger partial charge in [-0.05, 0) is 48.4 Å². The molecule has 110 valence electrons. The minimum atomic E-state index is -0.252. The number of benzene rings is 2. The summed E-state index contributed by atoms with van der Waals surface area (Å²) in [6, 6.07) is 8.56. The lowest BCUT2D eigenvalue weighted by molar-refractivity contribution is 0.171. The van der Waals surface area contributed by atoms with Crippen molar-refractivity contribution in [3.8, 4) is 11.5 Å². The van der Waals surface area contributed by atoms with Crippen LogP contribution in [0, 0.1) is 12.7 Å². The van der Waals surface area contributed by atoms with E-state index in [4.69, 9.17) is 21.1 Å². The molecule has 0 bridgehead atoms. The Morgan fingerprint density at radius 3 is 2.76 bits per heavy atom. The van der Waals surface area contributed by atoms with E-state index in [0.717, 1.165) is 16.8 Å². The average Bonchev–Trinajstić information content (AvgIpc) is 2.44. The van der Waals surface area contributed by atoms with Gasteiger partial charge in [-0.2, -0.15) is 0 Å². The monoisotopic (exact) mass is 307 g/mol. The highest BCUT2D eigenvalue weighted by atomic mass is 35.5. The number of fused-ring (bicyclic) bond motifs is 1. The van der Waals surface area contributed by atoms with Crippen molar-refractivity contribution >= 4 is 17.3 Å². The topological polar surface area (TPSA) is 30.5 Å². The Hall–Kier alpha value is -1.94. The van der Waals surface area contributed by atoms with Crippen LogP contribution in [0.1, 0.15) is 11.1 Å². The molecule has 0 amide bonds. The molecule has 0 saturated carbocycles. The van der Waals surface area contributed by atoms with Gasteiger partial charge in [-0.1, -0.05) is 11.6 Å². The number of nitrogens with one attached hydrogen (secondary N) is 1. The van der Waals surface area contributed by atoms with E-state index < -0.39 is 0 Å². The number of hydrogen-bond acceptors (Lipinski definition) is 3. The molecule has 0 atom stereocenters. The normalized spacial score (nSPS) is 13.1. The average molecular weight is 308 g/mol. The van der Waals surface area contributed by atoms with Crippen LogP contribution in [-0.4, -0.2) is 13.2 Å². The third-order valence-electron chi connectivity index (χ3n) is 3.20. The van der Waals surface area contributed by atoms with Crippen LogP contribution >= 0.6 is 11.6 Å². The second-order valence-electron chi connectivity index (χ2n) is 4.97. The van der Waals surface area contributed by atoms with Crippen molar-refractivity contribution in [1.82, 2.24) is 0 Å². The van der Waals surface area contributed by atoms with Gasteiger partial charge in [-0.3, -0.25) is 0 Å². The molecule has 1 aliphatic heterocycles. The molecule has 3 rings (SSSR count). The van der Waals surface area contributed by atoms with Crippen LogP contribution < -0.4 is 14.8 Å². The summed E-state index contributed by atoms with van der Waals surface area (Å²) in [7, 11) is 0. The van der Waals surface area contributed by atoms with E-state index in [1.165, 1.54) is 12.1 Å². The Morgan fingerprint density at radius 1 is 1.14 bits per heavy atom. The predicted octanol–water partition coefficient (Wildman–Crippen LogP) is 4.17. The first-order valence-corrected chi connectivity index (χ1v) is 7.09. The summed E-state index contributed by atoms with van der Waals surface area (Å²) in [5.74, 6) is 0.993. The standard InChI is InChI=1S/C16H15ClFNO2/c1-10-4-12(18)8-13(5-10)19-9-11-6-14(17)16-15(7-11)20-2-3-21-16/h4-8,19H,2-3,9H2,1H3. The predicted molar refractivity (Wildman–Crippen MR) is 80.9 cm³/mol. The summed E-state index contributed by atoms with van der Waals surface area (Å²) in [5, 5.41) is 3.71. The van der Waals surface area contributed by atoms with Crippen molar-refractivity contribution in [2.24, 2.45) is 0 Å². The Bertz CT molecular complexity index is 655. The minimum absolute atomic E-state index is 0.252. The lowest BCUT2D eigenvalue weighted by atomic mass is 10.1. The van der Waals surface area contributed by atoms with Crippen molar-refractivity contribution in [1.29, 1.82) is 0 Å². The minimum Gasteiger partial charge on any atom is -0.486 e. The van der Waals surface area contributed by atoms with E-state index >= 15 is 0 Å². The second-order valence-corrected chi connectivity index (χ2v) is 5.38. The molecule has 0 aliphatic carbocycles. The van der Waals surface area contributed by atoms with E-state index in [1.807, 2.05) is 25.1 Å². The van der Waals surface area contributed by atoms with Crippen LogP contribution in [0.5, 0.6) is 11.5 Å². The highest BCUT2D eigenvalue weighted by Crippen LogP contribution is 2.38. The zero-order chi connectivity index (χ0) is 14.8. The van der Waals surface area contributed by atoms with Crippen molar-refractivity contribution in [3.63, 3.8) is 0 Å². The molecule has 2 aromatic rings. The van der Waals surface area contributed by atoms with Crippen LogP contribution in [0.25, 0.3) is 0 Å². The fourth-order valence-corrected chi connectivity index (χ4v) is 2.60. The van der Waals surface area contributed by atoms with Crippen LogP contribution in [0.2, 0.25) is 5.02 Å². The molecule has 0 fully saturated rings. The van der Waals surface area contributed by atoms with Crippen molar-refractivity contribution < 1.29 is 13.9 Å². The van der Waals surface area contributed by atoms with Crippen molar-refractivity contribution in [3.05, 3.63) is 52.3 Å². The van der Waals surface area contributed by atoms with Gasteiger partial charge in [0, 0.05) is 12.2 Å². The van der Waals surface area contributed by atoms with Gasteiger partial charge in [0.15, 0.2) is 11.5 Å². The van der Waals surface area contributed by atoms with Gasteiger partial charge in [-0.15, -0.1) is 0 Å². The van der Waals surface area contributed by atoms with E-state index in [9.17, 15) is 4.39 Å². The third kappa shape index (κ3) is 3.22. The third-order valence-corrected chi connectivity index (χ3v) is 3.48. The fraction of sp³-hybridized carbons (Fsp3) is 0.250. The molecule has 0 spiro atoms. The summed E-state index contributed by atoms with van der Waals surface area (Å²) in [6.07, 6.45) is 0. The summed E-state index contributed by atoms with van der Waals surface area (Å²) < 4.78 is 24.4. The number of aryl methyl sites for hydroxylation is 1. The Morgan fingerprint density at radius 2 is 1.95 bits per heavy atom. The zero-order valence-electron chi connectivity index (χ0n) is 11.6. The largest absolute Gasteiger partial charge is 0.486 e. The molecule has 0 radical (unpaired) electrons. The summed E-state index contributed by atoms with van der Waals surface area (Å²) in [4.78, 5) is 0. The number of hydrogen-bond donors (Lipinski definition) is 1. The maximum atomic E-state index is 13.3. The highest BCUT2D eigenvalue weighted by Gasteiger charge is 2.16. The molecule has 1 heterocycles. The molecular formula is C16H15ClFNO2. The summed E-state index contributed by atoms with van der Waals surface area (Å²) in [5.41, 5.74) is 2.56. The van der Waals surface area contributed by atoms with Crippen LogP contribution in [-0.2, 0) is 6.54 Å². The van der Waals surface area contributed by atoms with Crippen LogP contribution in [0.4, 0.5) is 10.1 Å². The number of anilines is 1. The number of rotatable bonds is 3. The van der Waals surface area contributed by atoms with Gasteiger partial charge in [-0.25, -0.2) is 4.39 Å². The highest BCUT2D eigenvalue weighted by molar-refractivity contribution is 6.32. The quantitative estimate of drug-likeness (QED) is 0.923. The Kier molecular flexibility index (Phi) is 3.88. The molecule has 1 aliphatic rings. The van der Waals surface area contributed by atoms with Crippen molar-refractivity contribution in [2.45, 2.75) is 13.5 Å². The lowest BCUT2D eigenvalue weighted by Crippen LogP contribution is -2.16. The fourth-order valence-electron chi connectivity index (χ4n) is 2.31. The van der Waals surface area contributed by atoms with Crippen LogP contribution in [0.3, 0.4) is 0 Å². The summed E-state index contributed by atoms with van der Waals surface area (Å²) >= 11 is 6.19. The van der Waals surface area contributed by atoms with E-state index in [1.54, 1.807) is 0 Å². The van der Waals surface area contributed by atoms with Gasteiger partial charge in [0.05, 0.1) is 5.02 Å². The molecule has 3 nitrogen and oxygen atoms in total. The molecule has 0 unspecified atom stereocenters. The Labute approximate surface area is 127 Å².